The number of halogens is 4. The van der Waals surface area contributed by atoms with Crippen LogP contribution in [0, 0.1) is 11.7 Å². The number of aliphatic hydroxyl groups excluding tert-OH is 1. The molecule has 0 bridgehead atoms. The lowest BCUT2D eigenvalue weighted by Crippen LogP contribution is -2.26. The minimum Gasteiger partial charge on any atom is -0.391 e. The van der Waals surface area contributed by atoms with Crippen LogP contribution in [0.3, 0.4) is 0 Å². The molecule has 0 fully saturated rings. The lowest BCUT2D eigenvalue weighted by Gasteiger charge is -2.17. The molecule has 0 radical (unpaired) electrons. The zero-order valence-electron chi connectivity index (χ0n) is 12.0. The molecule has 0 spiro atoms. The Bertz CT molecular complexity index is 614. The van der Waals surface area contributed by atoms with Gasteiger partial charge in [-0.1, -0.05) is 13.8 Å². The fourth-order valence-electron chi connectivity index (χ4n) is 1.84. The number of alkyl halides is 3. The van der Waals surface area contributed by atoms with Crippen LogP contribution in [0.2, 0.25) is 0 Å². The van der Waals surface area contributed by atoms with E-state index in [4.69, 9.17) is 0 Å². The van der Waals surface area contributed by atoms with E-state index in [2.05, 4.69) is 5.32 Å². The van der Waals surface area contributed by atoms with E-state index in [0.717, 1.165) is 12.1 Å². The normalized spacial score (nSPS) is 14.2. The third-order valence-electron chi connectivity index (χ3n) is 2.81. The van der Waals surface area contributed by atoms with E-state index in [-0.39, 0.29) is 12.5 Å². The van der Waals surface area contributed by atoms with Crippen LogP contribution in [-0.2, 0) is 9.84 Å². The van der Waals surface area contributed by atoms with Gasteiger partial charge in [-0.25, -0.2) is 12.8 Å². The summed E-state index contributed by atoms with van der Waals surface area (Å²) < 4.78 is 73.9. The Balaban J connectivity index is 3.08. The predicted octanol–water partition coefficient (Wildman–Crippen LogP) is 2.94. The molecule has 1 aromatic rings. The Morgan fingerprint density at radius 3 is 2.36 bits per heavy atom. The summed E-state index contributed by atoms with van der Waals surface area (Å²) in [4.78, 5) is -1.20. The zero-order valence-corrected chi connectivity index (χ0v) is 12.8. The van der Waals surface area contributed by atoms with Gasteiger partial charge in [-0.2, -0.15) is 13.2 Å². The van der Waals surface area contributed by atoms with Gasteiger partial charge in [0.15, 0.2) is 0 Å². The number of anilines is 1. The molecule has 0 amide bonds. The molecule has 22 heavy (non-hydrogen) atoms. The fraction of sp³-hybridized carbons (Fsp3) is 0.538. The van der Waals surface area contributed by atoms with Gasteiger partial charge in [0, 0.05) is 6.54 Å². The molecule has 0 saturated carbocycles. The third-order valence-corrected chi connectivity index (χ3v) is 4.34. The molecular formula is C13H17F4NO3S. The van der Waals surface area contributed by atoms with Crippen molar-refractivity contribution in [1.82, 2.24) is 0 Å². The zero-order chi connectivity index (χ0) is 17.1. The van der Waals surface area contributed by atoms with Gasteiger partial charge in [-0.05, 0) is 30.5 Å². The van der Waals surface area contributed by atoms with Crippen molar-refractivity contribution < 1.29 is 31.1 Å². The number of nitrogens with one attached hydrogen (secondary N) is 1. The van der Waals surface area contributed by atoms with Crippen molar-refractivity contribution in [1.29, 1.82) is 0 Å². The van der Waals surface area contributed by atoms with Crippen LogP contribution in [0.5, 0.6) is 0 Å². The first-order valence-electron chi connectivity index (χ1n) is 6.48. The van der Waals surface area contributed by atoms with Crippen LogP contribution in [0.25, 0.3) is 0 Å². The molecule has 0 saturated heterocycles. The highest BCUT2D eigenvalue weighted by atomic mass is 32.2. The number of benzene rings is 1. The van der Waals surface area contributed by atoms with Crippen molar-refractivity contribution in [3.63, 3.8) is 0 Å². The Morgan fingerprint density at radius 2 is 1.86 bits per heavy atom. The van der Waals surface area contributed by atoms with E-state index in [9.17, 15) is 31.1 Å². The first-order chi connectivity index (χ1) is 9.95. The minimum absolute atomic E-state index is 0.149. The second kappa shape index (κ2) is 6.82. The number of hydrogen-bond donors (Lipinski definition) is 2. The number of rotatable bonds is 6. The van der Waals surface area contributed by atoms with Gasteiger partial charge >= 0.3 is 5.51 Å². The monoisotopic (exact) mass is 343 g/mol. The van der Waals surface area contributed by atoms with Crippen molar-refractivity contribution in [3.8, 4) is 0 Å². The maximum atomic E-state index is 13.1. The molecule has 1 unspecified atom stereocenters. The van der Waals surface area contributed by atoms with Gasteiger partial charge in [0.2, 0.25) is 0 Å². The summed E-state index contributed by atoms with van der Waals surface area (Å²) in [5.74, 6) is -0.945. The van der Waals surface area contributed by atoms with Gasteiger partial charge in [0.1, 0.15) is 10.7 Å². The molecule has 4 nitrogen and oxygen atoms in total. The average Bonchev–Trinajstić information content (AvgIpc) is 2.35. The van der Waals surface area contributed by atoms with Crippen molar-refractivity contribution in [2.24, 2.45) is 5.92 Å². The second-order valence-corrected chi connectivity index (χ2v) is 7.16. The summed E-state index contributed by atoms with van der Waals surface area (Å²) in [5, 5.41) is 12.1. The molecule has 1 rings (SSSR count). The van der Waals surface area contributed by atoms with Crippen LogP contribution in [0.15, 0.2) is 23.1 Å². The van der Waals surface area contributed by atoms with Gasteiger partial charge in [0.25, 0.3) is 9.84 Å². The van der Waals surface area contributed by atoms with Crippen molar-refractivity contribution in [2.75, 3.05) is 11.9 Å². The van der Waals surface area contributed by atoms with Gasteiger partial charge in [-0.15, -0.1) is 0 Å². The van der Waals surface area contributed by atoms with Crippen molar-refractivity contribution in [2.45, 2.75) is 36.8 Å². The minimum atomic E-state index is -5.68. The largest absolute Gasteiger partial charge is 0.501 e. The first-order valence-corrected chi connectivity index (χ1v) is 7.96. The van der Waals surface area contributed by atoms with E-state index < -0.39 is 37.8 Å². The predicted molar refractivity (Wildman–Crippen MR) is 73.6 cm³/mol. The molecule has 0 aromatic heterocycles. The second-order valence-electron chi connectivity index (χ2n) is 5.25. The Labute approximate surface area is 126 Å². The molecule has 9 heteroatoms. The quantitative estimate of drug-likeness (QED) is 0.780. The summed E-state index contributed by atoms with van der Waals surface area (Å²) in [6.07, 6.45) is -0.485. The lowest BCUT2D eigenvalue weighted by molar-refractivity contribution is -0.0435. The molecule has 0 aliphatic rings. The van der Waals surface area contributed by atoms with Gasteiger partial charge in [-0.3, -0.25) is 0 Å². The average molecular weight is 343 g/mol. The maximum absolute atomic E-state index is 13.1. The van der Waals surface area contributed by atoms with E-state index in [0.29, 0.717) is 12.5 Å². The van der Waals surface area contributed by atoms with Crippen LogP contribution in [-0.4, -0.2) is 31.7 Å². The molecule has 0 aliphatic heterocycles. The highest BCUT2D eigenvalue weighted by Gasteiger charge is 2.48. The third kappa shape index (κ3) is 4.57. The molecule has 0 heterocycles. The van der Waals surface area contributed by atoms with Gasteiger partial charge < -0.3 is 10.4 Å². The first kappa shape index (κ1) is 18.7. The smallest absolute Gasteiger partial charge is 0.391 e. The van der Waals surface area contributed by atoms with Gasteiger partial charge in [0.05, 0.1) is 11.8 Å². The number of hydrogen-bond acceptors (Lipinski definition) is 4. The number of aliphatic hydroxyl groups is 1. The highest BCUT2D eigenvalue weighted by Crippen LogP contribution is 2.34. The molecule has 1 aromatic carbocycles. The molecule has 0 aliphatic carbocycles. The Morgan fingerprint density at radius 1 is 1.27 bits per heavy atom. The maximum Gasteiger partial charge on any atom is 0.501 e. The van der Waals surface area contributed by atoms with Crippen molar-refractivity contribution >= 4 is 15.5 Å². The highest BCUT2D eigenvalue weighted by molar-refractivity contribution is 7.92. The molecular weight excluding hydrogens is 326 g/mol. The molecule has 1 atom stereocenters. The summed E-state index contributed by atoms with van der Waals surface area (Å²) in [5.41, 5.74) is -5.94. The van der Waals surface area contributed by atoms with Crippen LogP contribution in [0.1, 0.15) is 20.3 Å². The summed E-state index contributed by atoms with van der Waals surface area (Å²) in [7, 11) is -5.68. The van der Waals surface area contributed by atoms with E-state index in [1.54, 1.807) is 0 Å². The summed E-state index contributed by atoms with van der Waals surface area (Å²) in [6, 6.07) is 2.04. The van der Waals surface area contributed by atoms with Crippen LogP contribution < -0.4 is 5.32 Å². The van der Waals surface area contributed by atoms with E-state index >= 15 is 0 Å². The lowest BCUT2D eigenvalue weighted by atomic mass is 10.1. The van der Waals surface area contributed by atoms with Crippen LogP contribution >= 0.6 is 0 Å². The summed E-state index contributed by atoms with van der Waals surface area (Å²) >= 11 is 0. The Hall–Kier alpha value is -1.35. The summed E-state index contributed by atoms with van der Waals surface area (Å²) in [6.45, 7) is 3.55. The van der Waals surface area contributed by atoms with Crippen LogP contribution in [0.4, 0.5) is 23.2 Å². The van der Waals surface area contributed by atoms with E-state index in [1.165, 1.54) is 0 Å². The fourth-order valence-corrected chi connectivity index (χ4v) is 2.79. The molecule has 126 valence electrons. The van der Waals surface area contributed by atoms with E-state index in [1.807, 2.05) is 13.8 Å². The number of sulfone groups is 1. The topological polar surface area (TPSA) is 66.4 Å². The molecule has 2 N–H and O–H groups in total. The Kier molecular flexibility index (Phi) is 5.80. The van der Waals surface area contributed by atoms with Crippen molar-refractivity contribution in [3.05, 3.63) is 24.0 Å². The standard InChI is InChI=1S/C13H17F4NO3S/c1-8(2)5-10(19)7-18-11-4-3-9(14)6-12(11)22(20,21)13(15,16)17/h3-4,6,8,10,18-19H,5,7H2,1-2H3. The SMILES string of the molecule is CC(C)CC(O)CNc1ccc(F)cc1S(=O)(=O)C(F)(F)F.